The predicted octanol–water partition coefficient (Wildman–Crippen LogP) is 4.75. The number of carbonyl (C=O) groups is 1. The van der Waals surface area contributed by atoms with Gasteiger partial charge in [-0.3, -0.25) is 9.36 Å². The maximum atomic E-state index is 12.9. The molecule has 0 aliphatic heterocycles. The number of amides is 1. The second-order valence-corrected chi connectivity index (χ2v) is 8.43. The summed E-state index contributed by atoms with van der Waals surface area (Å²) in [7, 11) is -4.80. The van der Waals surface area contributed by atoms with Gasteiger partial charge in [-0.15, -0.1) is 0 Å². The third kappa shape index (κ3) is 3.45. The fourth-order valence-corrected chi connectivity index (χ4v) is 4.26. The van der Waals surface area contributed by atoms with Gasteiger partial charge in [0.1, 0.15) is 5.58 Å². The lowest BCUT2D eigenvalue weighted by molar-refractivity contribution is -0.116. The summed E-state index contributed by atoms with van der Waals surface area (Å²) in [6, 6.07) is 18.2. The van der Waals surface area contributed by atoms with Crippen molar-refractivity contribution in [3.05, 3.63) is 78.1 Å². The monoisotopic (exact) mass is 395 g/mol. The summed E-state index contributed by atoms with van der Waals surface area (Å²) in [6.45, 7) is 1.86. The van der Waals surface area contributed by atoms with Crippen LogP contribution in [0.15, 0.2) is 71.3 Å². The zero-order valence-corrected chi connectivity index (χ0v) is 15.9. The van der Waals surface area contributed by atoms with E-state index in [1.165, 1.54) is 6.26 Å². The van der Waals surface area contributed by atoms with Crippen LogP contribution in [0.5, 0.6) is 0 Å². The number of rotatable bonds is 4. The van der Waals surface area contributed by atoms with Crippen molar-refractivity contribution in [1.82, 2.24) is 0 Å². The van der Waals surface area contributed by atoms with Gasteiger partial charge in [-0.05, 0) is 42.0 Å². The molecule has 0 fully saturated rings. The van der Waals surface area contributed by atoms with E-state index in [4.69, 9.17) is 4.42 Å². The molecule has 3 aromatic carbocycles. The van der Waals surface area contributed by atoms with E-state index in [0.717, 1.165) is 16.3 Å². The van der Waals surface area contributed by atoms with Crippen LogP contribution >= 0.6 is 7.60 Å². The van der Waals surface area contributed by atoms with Gasteiger partial charge in [0.2, 0.25) is 5.91 Å². The predicted molar refractivity (Wildman–Crippen MR) is 108 cm³/mol. The Bertz CT molecular complexity index is 1240. The number of fused-ring (bicyclic) bond motifs is 2. The number of hydrogen-bond donors (Lipinski definition) is 3. The van der Waals surface area contributed by atoms with Gasteiger partial charge in [-0.25, -0.2) is 0 Å². The Morgan fingerprint density at radius 3 is 2.54 bits per heavy atom. The second-order valence-electron chi connectivity index (χ2n) is 6.73. The molecule has 0 saturated carbocycles. The van der Waals surface area contributed by atoms with Gasteiger partial charge >= 0.3 is 7.60 Å². The fourth-order valence-electron chi connectivity index (χ4n) is 3.33. The summed E-state index contributed by atoms with van der Waals surface area (Å²) in [6.07, 6.45) is 1.24. The van der Waals surface area contributed by atoms with Crippen LogP contribution in [0.2, 0.25) is 0 Å². The normalized spacial score (nSPS) is 13.0. The maximum Gasteiger partial charge on any atom is 0.342 e. The summed E-state index contributed by atoms with van der Waals surface area (Å²) in [5.41, 5.74) is 0.338. The van der Waals surface area contributed by atoms with Gasteiger partial charge < -0.3 is 19.5 Å². The van der Waals surface area contributed by atoms with E-state index in [-0.39, 0.29) is 5.56 Å². The van der Waals surface area contributed by atoms with Crippen molar-refractivity contribution < 1.29 is 23.6 Å². The van der Waals surface area contributed by atoms with Crippen LogP contribution in [-0.2, 0) is 9.36 Å². The standard InChI is InChI=1S/C21H18NO5P/c1-13-6-9-19-17(10-13)18(12-27-19)20(28(24,25)26)21(23)22-16-8-7-14-4-2-3-5-15(14)11-16/h2-12,20H,1H3,(H,22,23)(H2,24,25,26). The molecule has 1 atom stereocenters. The van der Waals surface area contributed by atoms with Crippen molar-refractivity contribution in [3.63, 3.8) is 0 Å². The Balaban J connectivity index is 1.73. The Morgan fingerprint density at radius 2 is 1.79 bits per heavy atom. The van der Waals surface area contributed by atoms with E-state index in [2.05, 4.69) is 5.32 Å². The van der Waals surface area contributed by atoms with Gasteiger partial charge in [0, 0.05) is 16.6 Å². The fraction of sp³-hybridized carbons (Fsp3) is 0.0952. The first kappa shape index (κ1) is 18.4. The largest absolute Gasteiger partial charge is 0.464 e. The molecule has 7 heteroatoms. The molecule has 3 N–H and O–H groups in total. The highest BCUT2D eigenvalue weighted by Gasteiger charge is 2.39. The Morgan fingerprint density at radius 1 is 1.04 bits per heavy atom. The summed E-state index contributed by atoms with van der Waals surface area (Å²) in [5, 5.41) is 5.07. The molecule has 4 aromatic rings. The number of anilines is 1. The first-order valence-electron chi connectivity index (χ1n) is 8.65. The van der Waals surface area contributed by atoms with Crippen molar-refractivity contribution >= 4 is 40.9 Å². The van der Waals surface area contributed by atoms with Crippen molar-refractivity contribution in [2.24, 2.45) is 0 Å². The second kappa shape index (κ2) is 6.91. The van der Waals surface area contributed by atoms with E-state index in [9.17, 15) is 19.1 Å². The molecular formula is C21H18NO5P. The molecule has 1 heterocycles. The van der Waals surface area contributed by atoms with Crippen LogP contribution in [0, 0.1) is 6.92 Å². The molecule has 6 nitrogen and oxygen atoms in total. The van der Waals surface area contributed by atoms with Crippen LogP contribution in [0.3, 0.4) is 0 Å². The van der Waals surface area contributed by atoms with Gasteiger partial charge in [-0.1, -0.05) is 42.0 Å². The molecule has 0 bridgehead atoms. The number of furan rings is 1. The molecule has 142 valence electrons. The highest BCUT2D eigenvalue weighted by Crippen LogP contribution is 2.54. The number of carbonyl (C=O) groups excluding carboxylic acids is 1. The van der Waals surface area contributed by atoms with Crippen molar-refractivity contribution in [2.45, 2.75) is 12.6 Å². The molecule has 0 radical (unpaired) electrons. The molecule has 0 aliphatic rings. The Labute approximate surface area is 161 Å². The first-order chi connectivity index (χ1) is 13.3. The van der Waals surface area contributed by atoms with Crippen LogP contribution in [0.4, 0.5) is 5.69 Å². The van der Waals surface area contributed by atoms with E-state index in [0.29, 0.717) is 16.7 Å². The number of benzene rings is 3. The third-order valence-electron chi connectivity index (χ3n) is 4.66. The molecular weight excluding hydrogens is 377 g/mol. The van der Waals surface area contributed by atoms with E-state index in [1.807, 2.05) is 43.3 Å². The SMILES string of the molecule is Cc1ccc2occ(C(C(=O)Nc3ccc4ccccc4c3)P(=O)(O)O)c2c1. The first-order valence-corrected chi connectivity index (χ1v) is 10.3. The average molecular weight is 395 g/mol. The number of aryl methyl sites for hydroxylation is 1. The van der Waals surface area contributed by atoms with Gasteiger partial charge in [-0.2, -0.15) is 0 Å². The van der Waals surface area contributed by atoms with Crippen LogP contribution in [0.25, 0.3) is 21.7 Å². The van der Waals surface area contributed by atoms with Gasteiger partial charge in [0.05, 0.1) is 6.26 Å². The summed E-state index contributed by atoms with van der Waals surface area (Å²) < 4.78 is 17.6. The highest BCUT2D eigenvalue weighted by molar-refractivity contribution is 7.53. The lowest BCUT2D eigenvalue weighted by Gasteiger charge is -2.17. The Kier molecular flexibility index (Phi) is 4.55. The summed E-state index contributed by atoms with van der Waals surface area (Å²) in [4.78, 5) is 32.7. The minimum atomic E-state index is -4.80. The molecule has 28 heavy (non-hydrogen) atoms. The molecule has 0 aliphatic carbocycles. The minimum absolute atomic E-state index is 0.172. The summed E-state index contributed by atoms with van der Waals surface area (Å²) >= 11 is 0. The quantitative estimate of drug-likeness (QED) is 0.433. The number of nitrogens with one attached hydrogen (secondary N) is 1. The van der Waals surface area contributed by atoms with Crippen LogP contribution < -0.4 is 5.32 Å². The van der Waals surface area contributed by atoms with E-state index < -0.39 is 19.2 Å². The molecule has 0 saturated heterocycles. The zero-order valence-electron chi connectivity index (χ0n) is 15.0. The molecule has 4 rings (SSSR count). The molecule has 1 unspecified atom stereocenters. The Hall–Kier alpha value is -2.92. The molecule has 1 amide bonds. The van der Waals surface area contributed by atoms with Gasteiger partial charge in [0.15, 0.2) is 5.66 Å². The highest BCUT2D eigenvalue weighted by atomic mass is 31.2. The lowest BCUT2D eigenvalue weighted by Crippen LogP contribution is -2.21. The maximum absolute atomic E-state index is 12.9. The smallest absolute Gasteiger partial charge is 0.342 e. The molecule has 1 aromatic heterocycles. The molecule has 0 spiro atoms. The minimum Gasteiger partial charge on any atom is -0.464 e. The van der Waals surface area contributed by atoms with E-state index in [1.54, 1.807) is 24.3 Å². The van der Waals surface area contributed by atoms with Crippen LogP contribution in [-0.4, -0.2) is 15.7 Å². The van der Waals surface area contributed by atoms with Crippen molar-refractivity contribution in [1.29, 1.82) is 0 Å². The van der Waals surface area contributed by atoms with Gasteiger partial charge in [0.25, 0.3) is 0 Å². The lowest BCUT2D eigenvalue weighted by atomic mass is 10.1. The van der Waals surface area contributed by atoms with Crippen molar-refractivity contribution in [2.75, 3.05) is 5.32 Å². The third-order valence-corrected chi connectivity index (χ3v) is 5.84. The zero-order chi connectivity index (χ0) is 19.9. The van der Waals surface area contributed by atoms with Crippen molar-refractivity contribution in [3.8, 4) is 0 Å². The van der Waals surface area contributed by atoms with Crippen LogP contribution in [0.1, 0.15) is 16.8 Å². The van der Waals surface area contributed by atoms with E-state index >= 15 is 0 Å². The average Bonchev–Trinajstić information content (AvgIpc) is 3.03. The topological polar surface area (TPSA) is 99.8 Å². The number of hydrogen-bond acceptors (Lipinski definition) is 3. The summed E-state index contributed by atoms with van der Waals surface area (Å²) in [5.74, 6) is -0.784.